The second-order valence-corrected chi connectivity index (χ2v) is 6.42. The summed E-state index contributed by atoms with van der Waals surface area (Å²) in [6.07, 6.45) is 4.23. The van der Waals surface area contributed by atoms with Crippen molar-refractivity contribution in [2.45, 2.75) is 52.4 Å². The molecule has 0 radical (unpaired) electrons. The molecule has 3 N–H and O–H groups in total. The number of hydrogen-bond acceptors (Lipinski definition) is 2. The lowest BCUT2D eigenvalue weighted by atomic mass is 9.73. The van der Waals surface area contributed by atoms with Crippen LogP contribution < -0.4 is 5.73 Å². The van der Waals surface area contributed by atoms with Gasteiger partial charge in [-0.05, 0) is 49.7 Å². The van der Waals surface area contributed by atoms with Crippen molar-refractivity contribution < 1.29 is 9.90 Å². The smallest absolute Gasteiger partial charge is 0.311 e. The minimum Gasteiger partial charge on any atom is -0.481 e. The molecule has 1 aliphatic carbocycles. The van der Waals surface area contributed by atoms with Crippen LogP contribution in [0.15, 0.2) is 12.1 Å². The van der Waals surface area contributed by atoms with Crippen LogP contribution in [0.4, 0.5) is 5.69 Å². The summed E-state index contributed by atoms with van der Waals surface area (Å²) < 4.78 is 0. The summed E-state index contributed by atoms with van der Waals surface area (Å²) in [6, 6.07) is 3.97. The third-order valence-corrected chi connectivity index (χ3v) is 4.70. The van der Waals surface area contributed by atoms with Crippen LogP contribution >= 0.6 is 0 Å². The molecule has 0 amide bonds. The summed E-state index contributed by atoms with van der Waals surface area (Å²) in [6.45, 7) is 6.20. The van der Waals surface area contributed by atoms with Crippen LogP contribution in [0.1, 0.15) is 55.2 Å². The first-order chi connectivity index (χ1) is 9.40. The standard InChI is InChI=1S/C17H25NO2/c1-10-4-6-13(7-5-10)15(17(19)20)14-9-11(2)8-12(3)16(14)18/h8-10,13,15H,4-7,18H2,1-3H3,(H,19,20). The van der Waals surface area contributed by atoms with Crippen molar-refractivity contribution in [3.05, 3.63) is 28.8 Å². The monoisotopic (exact) mass is 275 g/mol. The maximum atomic E-state index is 11.8. The summed E-state index contributed by atoms with van der Waals surface area (Å²) in [7, 11) is 0. The minimum absolute atomic E-state index is 0.215. The van der Waals surface area contributed by atoms with Gasteiger partial charge < -0.3 is 10.8 Å². The number of aliphatic carboxylic acids is 1. The highest BCUT2D eigenvalue weighted by Gasteiger charge is 2.33. The SMILES string of the molecule is Cc1cc(C)c(N)c(C(C(=O)O)C2CCC(C)CC2)c1. The van der Waals surface area contributed by atoms with Crippen LogP contribution in [0.2, 0.25) is 0 Å². The predicted octanol–water partition coefficient (Wildman–Crippen LogP) is 3.88. The van der Waals surface area contributed by atoms with E-state index in [0.29, 0.717) is 5.69 Å². The van der Waals surface area contributed by atoms with E-state index in [4.69, 9.17) is 5.73 Å². The number of aryl methyl sites for hydroxylation is 2. The van der Waals surface area contributed by atoms with Gasteiger partial charge in [-0.25, -0.2) is 0 Å². The van der Waals surface area contributed by atoms with Crippen LogP contribution in [0.3, 0.4) is 0 Å². The minimum atomic E-state index is -0.735. The largest absolute Gasteiger partial charge is 0.481 e. The Balaban J connectivity index is 2.36. The molecule has 0 heterocycles. The fraction of sp³-hybridized carbons (Fsp3) is 0.588. The average molecular weight is 275 g/mol. The number of nitrogens with two attached hydrogens (primary N) is 1. The number of carboxylic acids is 1. The second-order valence-electron chi connectivity index (χ2n) is 6.42. The Bertz CT molecular complexity index is 502. The normalized spacial score (nSPS) is 24.4. The van der Waals surface area contributed by atoms with Crippen molar-refractivity contribution in [3.8, 4) is 0 Å². The molecule has 0 aliphatic heterocycles. The highest BCUT2D eigenvalue weighted by Crippen LogP contribution is 2.40. The fourth-order valence-corrected chi connectivity index (χ4v) is 3.48. The van der Waals surface area contributed by atoms with Crippen LogP contribution in [-0.4, -0.2) is 11.1 Å². The molecule has 1 aliphatic rings. The molecule has 1 unspecified atom stereocenters. The van der Waals surface area contributed by atoms with E-state index in [1.807, 2.05) is 26.0 Å². The lowest BCUT2D eigenvalue weighted by Gasteiger charge is -2.31. The predicted molar refractivity (Wildman–Crippen MR) is 81.8 cm³/mol. The van der Waals surface area contributed by atoms with E-state index in [9.17, 15) is 9.90 Å². The van der Waals surface area contributed by atoms with Gasteiger partial charge in [-0.2, -0.15) is 0 Å². The Hall–Kier alpha value is -1.51. The zero-order valence-electron chi connectivity index (χ0n) is 12.6. The Morgan fingerprint density at radius 2 is 1.85 bits per heavy atom. The molecule has 1 atom stereocenters. The van der Waals surface area contributed by atoms with Gasteiger partial charge in [-0.3, -0.25) is 4.79 Å². The van der Waals surface area contributed by atoms with E-state index in [1.54, 1.807) is 0 Å². The van der Waals surface area contributed by atoms with Crippen molar-refractivity contribution in [1.82, 2.24) is 0 Å². The molecule has 1 saturated carbocycles. The van der Waals surface area contributed by atoms with Crippen LogP contribution in [0.5, 0.6) is 0 Å². The van der Waals surface area contributed by atoms with Crippen LogP contribution in [0.25, 0.3) is 0 Å². The first kappa shape index (κ1) is 14.9. The molecule has 3 heteroatoms. The maximum absolute atomic E-state index is 11.8. The maximum Gasteiger partial charge on any atom is 0.311 e. The topological polar surface area (TPSA) is 63.3 Å². The van der Waals surface area contributed by atoms with Crippen molar-refractivity contribution in [1.29, 1.82) is 0 Å². The molecule has 0 saturated heterocycles. The molecule has 20 heavy (non-hydrogen) atoms. The number of anilines is 1. The quantitative estimate of drug-likeness (QED) is 0.823. The number of nitrogen functional groups attached to an aromatic ring is 1. The Morgan fingerprint density at radius 3 is 2.40 bits per heavy atom. The summed E-state index contributed by atoms with van der Waals surface area (Å²) in [4.78, 5) is 11.8. The lowest BCUT2D eigenvalue weighted by molar-refractivity contribution is -0.140. The number of hydrogen-bond donors (Lipinski definition) is 2. The van der Waals surface area contributed by atoms with Gasteiger partial charge >= 0.3 is 5.97 Å². The lowest BCUT2D eigenvalue weighted by Crippen LogP contribution is -2.26. The Morgan fingerprint density at radius 1 is 1.25 bits per heavy atom. The van der Waals surface area contributed by atoms with Gasteiger partial charge in [-0.1, -0.05) is 37.5 Å². The third-order valence-electron chi connectivity index (χ3n) is 4.70. The number of benzene rings is 1. The molecule has 1 aromatic rings. The van der Waals surface area contributed by atoms with E-state index in [2.05, 4.69) is 6.92 Å². The van der Waals surface area contributed by atoms with Gasteiger partial charge in [0.15, 0.2) is 0 Å². The van der Waals surface area contributed by atoms with Crippen molar-refractivity contribution in [2.75, 3.05) is 5.73 Å². The summed E-state index contributed by atoms with van der Waals surface area (Å²) in [5.74, 6) is -0.258. The molecular formula is C17H25NO2. The van der Waals surface area contributed by atoms with E-state index in [0.717, 1.165) is 48.3 Å². The zero-order valence-corrected chi connectivity index (χ0v) is 12.6. The molecule has 0 aromatic heterocycles. The fourth-order valence-electron chi connectivity index (χ4n) is 3.48. The van der Waals surface area contributed by atoms with Crippen molar-refractivity contribution in [3.63, 3.8) is 0 Å². The van der Waals surface area contributed by atoms with Crippen LogP contribution in [-0.2, 0) is 4.79 Å². The third kappa shape index (κ3) is 2.97. The van der Waals surface area contributed by atoms with Gasteiger partial charge in [0.25, 0.3) is 0 Å². The van der Waals surface area contributed by atoms with Gasteiger partial charge in [-0.15, -0.1) is 0 Å². The number of carboxylic acid groups (broad SMARTS) is 1. The van der Waals surface area contributed by atoms with Gasteiger partial charge in [0.2, 0.25) is 0 Å². The molecule has 110 valence electrons. The molecular weight excluding hydrogens is 250 g/mol. The molecule has 3 nitrogen and oxygen atoms in total. The highest BCUT2D eigenvalue weighted by atomic mass is 16.4. The second kappa shape index (κ2) is 5.86. The van der Waals surface area contributed by atoms with Crippen molar-refractivity contribution >= 4 is 11.7 Å². The molecule has 2 rings (SSSR count). The highest BCUT2D eigenvalue weighted by molar-refractivity contribution is 5.79. The van der Waals surface area contributed by atoms with Gasteiger partial charge in [0.05, 0.1) is 5.92 Å². The van der Waals surface area contributed by atoms with Gasteiger partial charge in [0.1, 0.15) is 0 Å². The molecule has 0 bridgehead atoms. The number of carbonyl (C=O) groups is 1. The first-order valence-electron chi connectivity index (χ1n) is 7.49. The number of rotatable bonds is 3. The first-order valence-corrected chi connectivity index (χ1v) is 7.49. The summed E-state index contributed by atoms with van der Waals surface area (Å²) in [5.41, 5.74) is 9.70. The van der Waals surface area contributed by atoms with Crippen LogP contribution in [0, 0.1) is 25.7 Å². The average Bonchev–Trinajstić information content (AvgIpc) is 2.37. The summed E-state index contributed by atoms with van der Waals surface area (Å²) in [5, 5.41) is 9.70. The van der Waals surface area contributed by atoms with Crippen molar-refractivity contribution in [2.24, 2.45) is 11.8 Å². The molecule has 0 spiro atoms. The van der Waals surface area contributed by atoms with E-state index >= 15 is 0 Å². The Labute approximate surface area is 121 Å². The van der Waals surface area contributed by atoms with E-state index in [1.165, 1.54) is 0 Å². The zero-order chi connectivity index (χ0) is 14.9. The summed E-state index contributed by atoms with van der Waals surface area (Å²) >= 11 is 0. The molecule has 1 fully saturated rings. The van der Waals surface area contributed by atoms with Gasteiger partial charge in [0, 0.05) is 5.69 Å². The van der Waals surface area contributed by atoms with E-state index in [-0.39, 0.29) is 5.92 Å². The molecule has 1 aromatic carbocycles. The Kier molecular flexibility index (Phi) is 4.36. The van der Waals surface area contributed by atoms with E-state index < -0.39 is 11.9 Å².